The van der Waals surface area contributed by atoms with Crippen LogP contribution in [-0.2, 0) is 32.9 Å². The molecule has 46 heavy (non-hydrogen) atoms. The van der Waals surface area contributed by atoms with Gasteiger partial charge in [-0.3, -0.25) is 23.9 Å². The fourth-order valence-corrected chi connectivity index (χ4v) is 7.94. The molecule has 258 valence electrons. The first-order valence-electron chi connectivity index (χ1n) is 15.4. The molecular weight excluding hydrogens is 625 g/mol. The van der Waals surface area contributed by atoms with Gasteiger partial charge in [0.2, 0.25) is 5.95 Å². The highest BCUT2D eigenvalue weighted by Gasteiger charge is 2.85. The molecule has 1 saturated heterocycles. The number of nitrogens with two attached hydrogens (primary N) is 1. The molecule has 7 atom stereocenters. The largest absolute Gasteiger partial charge is 0.465 e. The lowest BCUT2D eigenvalue weighted by Gasteiger charge is -2.31. The molecule has 1 aliphatic heterocycles. The molecule has 4 rings (SSSR count). The smallest absolute Gasteiger partial charge is 0.342 e. The van der Waals surface area contributed by atoms with E-state index >= 15 is 0 Å². The second-order valence-electron chi connectivity index (χ2n) is 12.7. The molecule has 0 spiro atoms. The molecule has 2 aromatic heterocycles. The van der Waals surface area contributed by atoms with Crippen LogP contribution in [-0.4, -0.2) is 97.0 Å². The molecule has 3 heterocycles. The van der Waals surface area contributed by atoms with E-state index in [4.69, 9.17) is 24.5 Å². The summed E-state index contributed by atoms with van der Waals surface area (Å²) >= 11 is 0. The number of nitrogen functional groups attached to an aromatic ring is 1. The van der Waals surface area contributed by atoms with Crippen LogP contribution in [0.2, 0.25) is 0 Å². The summed E-state index contributed by atoms with van der Waals surface area (Å²) in [4.78, 5) is 48.6. The molecule has 1 saturated carbocycles. The predicted molar refractivity (Wildman–Crippen MR) is 165 cm³/mol. The van der Waals surface area contributed by atoms with E-state index in [1.54, 1.807) is 20.8 Å². The van der Waals surface area contributed by atoms with Crippen LogP contribution in [0.1, 0.15) is 67.3 Å². The minimum absolute atomic E-state index is 0.00561. The average molecular weight is 672 g/mol. The number of imidazole rings is 1. The van der Waals surface area contributed by atoms with Crippen LogP contribution in [0.25, 0.3) is 11.2 Å². The van der Waals surface area contributed by atoms with Gasteiger partial charge in [-0.25, -0.2) is 15.2 Å². The Morgan fingerprint density at radius 1 is 1.13 bits per heavy atom. The van der Waals surface area contributed by atoms with Gasteiger partial charge in [-0.1, -0.05) is 27.7 Å². The number of aromatic nitrogens is 4. The summed E-state index contributed by atoms with van der Waals surface area (Å²) in [6, 6.07) is -3.02. The number of rotatable bonds is 16. The molecule has 18 heteroatoms. The molecule has 0 bridgehead atoms. The molecule has 7 N–H and O–H groups in total. The third-order valence-electron chi connectivity index (χ3n) is 8.21. The fraction of sp³-hybridized carbons (Fsp3) is 0.750. The van der Waals surface area contributed by atoms with Crippen molar-refractivity contribution in [3.05, 3.63) is 16.7 Å². The van der Waals surface area contributed by atoms with E-state index in [-0.39, 0.29) is 55.0 Å². The van der Waals surface area contributed by atoms with Gasteiger partial charge in [-0.15, -0.1) is 0 Å². The first-order chi connectivity index (χ1) is 21.5. The summed E-state index contributed by atoms with van der Waals surface area (Å²) in [5.74, 6) is -1.47. The Morgan fingerprint density at radius 3 is 2.13 bits per heavy atom. The normalized spacial score (nSPS) is 28.2. The van der Waals surface area contributed by atoms with Gasteiger partial charge >= 0.3 is 19.6 Å². The molecule has 0 amide bonds. The van der Waals surface area contributed by atoms with E-state index in [2.05, 4.69) is 25.1 Å². The van der Waals surface area contributed by atoms with Crippen LogP contribution < -0.4 is 21.5 Å². The van der Waals surface area contributed by atoms with E-state index in [1.807, 2.05) is 27.7 Å². The molecule has 1 aliphatic carbocycles. The maximum Gasteiger partial charge on any atom is 0.342 e. The lowest BCUT2D eigenvalue weighted by Crippen LogP contribution is -2.46. The Hall–Kier alpha value is -2.92. The Balaban J connectivity index is 1.58. The first kappa shape index (κ1) is 35.9. The van der Waals surface area contributed by atoms with Crippen molar-refractivity contribution in [2.75, 3.05) is 25.6 Å². The number of aliphatic hydroxyl groups is 2. The van der Waals surface area contributed by atoms with E-state index in [0.717, 1.165) is 0 Å². The number of nitrogens with one attached hydrogen (secondary N) is 3. The third kappa shape index (κ3) is 6.86. The first-order valence-corrected chi connectivity index (χ1v) is 17.1. The van der Waals surface area contributed by atoms with Gasteiger partial charge in [0.1, 0.15) is 41.5 Å². The lowest BCUT2D eigenvalue weighted by atomic mass is 10.1. The van der Waals surface area contributed by atoms with Crippen molar-refractivity contribution < 1.29 is 43.1 Å². The number of hydrogen-bond donors (Lipinski definition) is 6. The van der Waals surface area contributed by atoms with Crippen LogP contribution in [0.4, 0.5) is 5.95 Å². The molecule has 5 unspecified atom stereocenters. The van der Waals surface area contributed by atoms with Gasteiger partial charge in [-0.05, 0) is 45.4 Å². The number of aromatic amines is 1. The maximum atomic E-state index is 14.5. The van der Waals surface area contributed by atoms with Crippen LogP contribution in [0.5, 0.6) is 0 Å². The molecule has 2 aromatic rings. The average Bonchev–Trinajstić information content (AvgIpc) is 3.17. The topological polar surface area (TPSA) is 242 Å². The Morgan fingerprint density at radius 2 is 1.67 bits per heavy atom. The van der Waals surface area contributed by atoms with Crippen molar-refractivity contribution >= 4 is 36.7 Å². The molecule has 17 nitrogen and oxygen atoms in total. The van der Waals surface area contributed by atoms with Crippen molar-refractivity contribution in [1.29, 1.82) is 0 Å². The van der Waals surface area contributed by atoms with Gasteiger partial charge in [0.15, 0.2) is 11.2 Å². The van der Waals surface area contributed by atoms with Crippen LogP contribution in [0.15, 0.2) is 11.1 Å². The fourth-order valence-electron chi connectivity index (χ4n) is 6.12. The van der Waals surface area contributed by atoms with Crippen LogP contribution in [0.3, 0.4) is 0 Å². The summed E-state index contributed by atoms with van der Waals surface area (Å²) < 4.78 is 38.3. The van der Waals surface area contributed by atoms with Gasteiger partial charge in [-0.2, -0.15) is 4.98 Å². The highest BCUT2D eigenvalue weighted by atomic mass is 31.2. The number of carbonyl (C=O) groups is 2. The van der Waals surface area contributed by atoms with Crippen LogP contribution >= 0.6 is 7.67 Å². The number of nitrogens with zero attached hydrogens (tertiary/aromatic N) is 3. The molecule has 0 aromatic carbocycles. The lowest BCUT2D eigenvalue weighted by molar-refractivity contribution is -0.146. The monoisotopic (exact) mass is 671 g/mol. The van der Waals surface area contributed by atoms with Crippen molar-refractivity contribution in [2.24, 2.45) is 11.8 Å². The number of ether oxygens (including phenoxy) is 3. The summed E-state index contributed by atoms with van der Waals surface area (Å²) in [5, 5.41) is 28.5. The highest BCUT2D eigenvalue weighted by Crippen LogP contribution is 2.67. The standard InChI is InChI=1S/C28H46N7O10P/c1-8-42-23(38)16(10-14(3)4)33-46(41,34-17(11-15(5)6)24(39)43-9-2)44-12-18-20(36)28(40)25(27(28,7)45-18)35-13-30-19-21(35)31-26(29)32-22(19)37/h13-18,20,25,36,40H,8-12H2,1-7H3,(H2,33,34,41)(H3,29,31,32,37)/t16?,17?,18-,20?,25-,27?,28?,46?/m1/s1. The number of aliphatic hydroxyl groups excluding tert-OH is 1. The zero-order chi connectivity index (χ0) is 34.2. The van der Waals surface area contributed by atoms with Crippen molar-refractivity contribution in [2.45, 2.75) is 103 Å². The Labute approximate surface area is 266 Å². The summed E-state index contributed by atoms with van der Waals surface area (Å²) in [7, 11) is -4.29. The third-order valence-corrected chi connectivity index (χ3v) is 10.0. The minimum atomic E-state index is -4.29. The number of H-pyrrole nitrogens is 1. The Bertz CT molecular complexity index is 1490. The highest BCUT2D eigenvalue weighted by molar-refractivity contribution is 7.54. The van der Waals surface area contributed by atoms with Gasteiger partial charge < -0.3 is 39.2 Å². The van der Waals surface area contributed by atoms with E-state index in [9.17, 15) is 29.2 Å². The van der Waals surface area contributed by atoms with Crippen molar-refractivity contribution in [1.82, 2.24) is 29.7 Å². The SMILES string of the molecule is CCOC(=O)C(CC(C)C)NP(=O)(NC(CC(C)C)C(=O)OCC)OC[C@H]1OC2(C)[C@@H](n3cnc4c(=O)[nH]c(N)nc43)C2(O)C1O. The predicted octanol–water partition coefficient (Wildman–Crippen LogP) is 0.766. The number of esters is 2. The van der Waals surface area contributed by atoms with Crippen molar-refractivity contribution in [3.8, 4) is 0 Å². The number of fused-ring (bicyclic) bond motifs is 2. The Kier molecular flexibility index (Phi) is 10.7. The van der Waals surface area contributed by atoms with Gasteiger partial charge in [0, 0.05) is 0 Å². The second-order valence-corrected chi connectivity index (χ2v) is 14.6. The summed E-state index contributed by atoms with van der Waals surface area (Å²) in [5.41, 5.74) is 2.00. The van der Waals surface area contributed by atoms with E-state index < -0.39 is 73.3 Å². The molecule has 2 aliphatic rings. The van der Waals surface area contributed by atoms with Crippen LogP contribution in [0, 0.1) is 11.8 Å². The molecular formula is C28H46N7O10P. The maximum absolute atomic E-state index is 14.5. The molecule has 0 radical (unpaired) electrons. The second kappa shape index (κ2) is 13.7. The van der Waals surface area contributed by atoms with E-state index in [0.29, 0.717) is 0 Å². The summed E-state index contributed by atoms with van der Waals surface area (Å²) in [6.45, 7) is 12.1. The minimum Gasteiger partial charge on any atom is -0.465 e. The zero-order valence-corrected chi connectivity index (χ0v) is 28.1. The van der Waals surface area contributed by atoms with Crippen molar-refractivity contribution in [3.63, 3.8) is 0 Å². The van der Waals surface area contributed by atoms with Gasteiger partial charge in [0.05, 0.1) is 26.1 Å². The van der Waals surface area contributed by atoms with Gasteiger partial charge in [0.25, 0.3) is 5.56 Å². The quantitative estimate of drug-likeness (QED) is 0.107. The van der Waals surface area contributed by atoms with E-state index in [1.165, 1.54) is 10.9 Å². The number of anilines is 1. The number of carbonyl (C=O) groups excluding carboxylic acids is 2. The summed E-state index contributed by atoms with van der Waals surface area (Å²) in [6.07, 6.45) is -0.955. The number of hydrogen-bond acceptors (Lipinski definition) is 13. The zero-order valence-electron chi connectivity index (χ0n) is 27.2. The molecule has 2 fully saturated rings.